The van der Waals surface area contributed by atoms with Crippen molar-refractivity contribution in [3.05, 3.63) is 126 Å². The zero-order valence-corrected chi connectivity index (χ0v) is 37.8. The molecule has 0 saturated carbocycles. The van der Waals surface area contributed by atoms with Crippen molar-refractivity contribution in [2.75, 3.05) is 13.2 Å². The van der Waals surface area contributed by atoms with Gasteiger partial charge in [0.2, 0.25) is 0 Å². The van der Waals surface area contributed by atoms with Crippen molar-refractivity contribution in [1.29, 1.82) is 0 Å². The summed E-state index contributed by atoms with van der Waals surface area (Å²) in [5.74, 6) is 1.55. The number of hydrogen-bond acceptors (Lipinski definition) is 3. The molecule has 0 aliphatic heterocycles. The zero-order chi connectivity index (χ0) is 31.5. The minimum atomic E-state index is -0.102. The van der Waals surface area contributed by atoms with Gasteiger partial charge in [0.25, 0.3) is 0 Å². The van der Waals surface area contributed by atoms with Gasteiger partial charge in [-0.1, -0.05) is 67.2 Å². The van der Waals surface area contributed by atoms with E-state index in [1.807, 2.05) is 38.1 Å². The summed E-state index contributed by atoms with van der Waals surface area (Å²) in [5, 5.41) is 1.24. The molecule has 3 nitrogen and oxygen atoms in total. The number of ketones is 1. The molecule has 0 saturated heterocycles. The van der Waals surface area contributed by atoms with Crippen molar-refractivity contribution in [2.45, 2.75) is 20.3 Å². The number of benzene rings is 4. The van der Waals surface area contributed by atoms with E-state index in [-0.39, 0.29) is 5.78 Å². The summed E-state index contributed by atoms with van der Waals surface area (Å²) in [7, 11) is 0. The van der Waals surface area contributed by atoms with E-state index < -0.39 is 0 Å². The van der Waals surface area contributed by atoms with Crippen LogP contribution in [-0.2, 0) is 6.42 Å². The van der Waals surface area contributed by atoms with Crippen LogP contribution in [0.4, 0.5) is 0 Å². The van der Waals surface area contributed by atoms with E-state index in [0.29, 0.717) is 42.6 Å². The zero-order valence-electron chi connectivity index (χ0n) is 22.3. The van der Waals surface area contributed by atoms with Gasteiger partial charge in [0.1, 0.15) is 11.5 Å². The third-order valence-corrected chi connectivity index (χ3v) is 6.92. The summed E-state index contributed by atoms with van der Waals surface area (Å²) >= 11 is 28.6. The van der Waals surface area contributed by atoms with Crippen LogP contribution in [-0.4, -0.2) is 19.0 Å². The first-order valence-corrected chi connectivity index (χ1v) is 33.3. The summed E-state index contributed by atoms with van der Waals surface area (Å²) < 4.78 is 12.6. The molecular weight excluding hydrogens is 1270 g/mol. The van der Waals surface area contributed by atoms with Gasteiger partial charge in [-0.15, -0.1) is 0 Å². The van der Waals surface area contributed by atoms with E-state index >= 15 is 0 Å². The number of rotatable bonds is 8. The van der Waals surface area contributed by atoms with E-state index in [4.69, 9.17) is 32.7 Å². The molecule has 0 aliphatic carbocycles. The van der Waals surface area contributed by atoms with Crippen molar-refractivity contribution in [3.8, 4) is 11.5 Å². The Morgan fingerprint density at radius 3 is 1.69 bits per heavy atom. The molecule has 0 fully saturated rings. The average molecular weight is 1300 g/mol. The predicted molar refractivity (Wildman–Crippen MR) is 216 cm³/mol. The summed E-state index contributed by atoms with van der Waals surface area (Å²) in [6, 6.07) is 26.3. The number of ether oxygens (including phenoxy) is 2. The average Bonchev–Trinajstić information content (AvgIpc) is 2.99. The number of carbonyl (C=O) groups is 1. The standard InChI is InChI=1S/C15H12BrClO2.C15H14BrClO.I3.I2/c1-2-19-12-6-3-10(4-7-12)15(18)13-9-11(16)5-8-14(13)17;1-2-18-14-6-3-11(4-7-14)9-12-10-13(16)5-8-15(12)17;1-3-2;1-2/h3-9H,2H2,1H3;3-8,10H,2,9H2,1H3;;/q;;-1;. The molecular formula is C30H26Br2Cl2I5O3-. The molecule has 0 aliphatic rings. The second-order valence-corrected chi connectivity index (χ2v) is 26.8. The SMILES string of the molecule is CCOc1ccc(C(=O)c2cc(Br)ccc2Cl)cc1.CCOc1ccc(Cc2cc(Br)ccc2Cl)cc1.II.I[I-]I. The van der Waals surface area contributed by atoms with E-state index in [9.17, 15) is 4.79 Å². The monoisotopic (exact) mass is 1300 g/mol. The number of carbonyl (C=O) groups excluding carboxylic acids is 1. The van der Waals surface area contributed by atoms with Gasteiger partial charge in [0.05, 0.1) is 18.2 Å². The Kier molecular flexibility index (Phi) is 24.1. The van der Waals surface area contributed by atoms with Crippen LogP contribution < -0.4 is 22.7 Å². The fourth-order valence-electron chi connectivity index (χ4n) is 3.47. The second kappa shape index (κ2) is 24.5. The van der Waals surface area contributed by atoms with Crippen LogP contribution in [0.5, 0.6) is 11.5 Å². The molecule has 228 valence electrons. The van der Waals surface area contributed by atoms with Gasteiger partial charge < -0.3 is 9.47 Å². The molecule has 0 bridgehead atoms. The van der Waals surface area contributed by atoms with Crippen molar-refractivity contribution in [3.63, 3.8) is 0 Å². The summed E-state index contributed by atoms with van der Waals surface area (Å²) in [6.45, 7) is 5.19. The van der Waals surface area contributed by atoms with Gasteiger partial charge in [-0.3, -0.25) is 4.79 Å². The Morgan fingerprint density at radius 2 is 1.19 bits per heavy atom. The fraction of sp³-hybridized carbons (Fsp3) is 0.167. The first-order chi connectivity index (χ1) is 20.2. The van der Waals surface area contributed by atoms with Gasteiger partial charge in [0.15, 0.2) is 5.78 Å². The molecule has 12 heteroatoms. The molecule has 0 amide bonds. The Labute approximate surface area is 328 Å². The Balaban J connectivity index is 0.000000365. The molecule has 0 N–H and O–H groups in total. The van der Waals surface area contributed by atoms with Gasteiger partial charge in [-0.25, -0.2) is 0 Å². The van der Waals surface area contributed by atoms with Gasteiger partial charge in [0, 0.05) is 62.3 Å². The maximum absolute atomic E-state index is 12.3. The van der Waals surface area contributed by atoms with Gasteiger partial charge >= 0.3 is 50.5 Å². The van der Waals surface area contributed by atoms with E-state index in [1.54, 1.807) is 42.5 Å². The first kappa shape index (κ1) is 41.4. The molecule has 4 aromatic carbocycles. The molecule has 0 spiro atoms. The third-order valence-electron chi connectivity index (χ3n) is 5.24. The molecule has 42 heavy (non-hydrogen) atoms. The quantitative estimate of drug-likeness (QED) is 0.130. The summed E-state index contributed by atoms with van der Waals surface area (Å²) in [5.41, 5.74) is 3.41. The second-order valence-electron chi connectivity index (χ2n) is 7.95. The molecule has 0 radical (unpaired) electrons. The fourth-order valence-corrected chi connectivity index (χ4v) is 4.62. The van der Waals surface area contributed by atoms with Gasteiger partial charge in [-0.05, 0) is 104 Å². The summed E-state index contributed by atoms with van der Waals surface area (Å²) in [6.07, 6.45) is 0.824. The van der Waals surface area contributed by atoms with Crippen molar-refractivity contribution in [1.82, 2.24) is 0 Å². The van der Waals surface area contributed by atoms with Crippen LogP contribution in [0.3, 0.4) is 0 Å². The maximum atomic E-state index is 12.3. The molecule has 0 heterocycles. The van der Waals surface area contributed by atoms with Crippen LogP contribution in [0.1, 0.15) is 40.9 Å². The first-order valence-electron chi connectivity index (χ1n) is 12.1. The van der Waals surface area contributed by atoms with Crippen LogP contribution in [0, 0.1) is 0 Å². The summed E-state index contributed by atoms with van der Waals surface area (Å²) in [4.78, 5) is 12.3. The van der Waals surface area contributed by atoms with Crippen LogP contribution in [0.25, 0.3) is 0 Å². The Bertz CT molecular complexity index is 1360. The van der Waals surface area contributed by atoms with Crippen LogP contribution >= 0.6 is 130 Å². The van der Waals surface area contributed by atoms with Crippen LogP contribution in [0.2, 0.25) is 10.0 Å². The van der Waals surface area contributed by atoms with Crippen LogP contribution in [0.15, 0.2) is 93.9 Å². The molecule has 4 rings (SSSR count). The van der Waals surface area contributed by atoms with E-state index in [0.717, 1.165) is 37.5 Å². The normalized spacial score (nSPS) is 9.76. The van der Waals surface area contributed by atoms with E-state index in [2.05, 4.69) is 125 Å². The minimum absolute atomic E-state index is 0.102. The van der Waals surface area contributed by atoms with Crippen molar-refractivity contribution < 1.29 is 27.5 Å². The van der Waals surface area contributed by atoms with E-state index in [1.165, 1.54) is 5.56 Å². The van der Waals surface area contributed by atoms with Gasteiger partial charge in [-0.2, -0.15) is 0 Å². The molecule has 0 unspecified atom stereocenters. The Morgan fingerprint density at radius 1 is 0.738 bits per heavy atom. The van der Waals surface area contributed by atoms with Crippen molar-refractivity contribution >= 4 is 135 Å². The molecule has 0 atom stereocenters. The predicted octanol–water partition coefficient (Wildman–Crippen LogP) is 10.4. The number of hydrogen-bond donors (Lipinski definition) is 0. The Hall–Kier alpha value is 1.34. The van der Waals surface area contributed by atoms with Crippen molar-refractivity contribution in [2.24, 2.45) is 0 Å². The molecule has 4 aromatic rings. The third kappa shape index (κ3) is 15.8. The molecule has 0 aromatic heterocycles. The number of halogens is 9. The topological polar surface area (TPSA) is 35.5 Å².